The number of carbonyl (C=O) groups excluding carboxylic acids is 4. The number of esters is 2. The van der Waals surface area contributed by atoms with Crippen LogP contribution in [0.15, 0.2) is 0 Å². The summed E-state index contributed by atoms with van der Waals surface area (Å²) < 4.78 is 10.6. The van der Waals surface area contributed by atoms with E-state index in [1.54, 1.807) is 9.80 Å². The summed E-state index contributed by atoms with van der Waals surface area (Å²) in [6, 6.07) is 0. The van der Waals surface area contributed by atoms with E-state index < -0.39 is 24.1 Å². The van der Waals surface area contributed by atoms with E-state index in [9.17, 15) is 19.2 Å². The molecule has 2 N–H and O–H groups in total. The molecule has 2 unspecified atom stereocenters. The molecule has 32 heavy (non-hydrogen) atoms. The largest absolute Gasteiger partial charge is 0.444 e. The highest BCUT2D eigenvalue weighted by Gasteiger charge is 2.35. The lowest BCUT2D eigenvalue weighted by Crippen LogP contribution is -2.52. The summed E-state index contributed by atoms with van der Waals surface area (Å²) in [5.74, 6) is -2.92. The van der Waals surface area contributed by atoms with Gasteiger partial charge in [-0.05, 0) is 24.7 Å². The first-order valence-corrected chi connectivity index (χ1v) is 11.6. The van der Waals surface area contributed by atoms with Crippen molar-refractivity contribution in [1.82, 2.24) is 20.4 Å². The van der Waals surface area contributed by atoms with Gasteiger partial charge in [0.15, 0.2) is 12.2 Å². The molecule has 0 radical (unpaired) electrons. The quantitative estimate of drug-likeness (QED) is 0.381. The third kappa shape index (κ3) is 8.05. The van der Waals surface area contributed by atoms with Crippen LogP contribution >= 0.6 is 0 Å². The Kier molecular flexibility index (Phi) is 10.4. The average molecular weight is 455 g/mol. The second kappa shape index (κ2) is 12.7. The predicted molar refractivity (Wildman–Crippen MR) is 118 cm³/mol. The normalized spacial score (nSPS) is 18.9. The van der Waals surface area contributed by atoms with Crippen molar-refractivity contribution < 1.29 is 28.7 Å². The van der Waals surface area contributed by atoms with Gasteiger partial charge in [0.1, 0.15) is 0 Å². The predicted octanol–water partition coefficient (Wildman–Crippen LogP) is -0.234. The molecule has 2 rings (SSSR count). The van der Waals surface area contributed by atoms with Gasteiger partial charge in [0.25, 0.3) is 11.8 Å². The summed E-state index contributed by atoms with van der Waals surface area (Å²) in [7, 11) is 0. The van der Waals surface area contributed by atoms with Crippen molar-refractivity contribution in [3.8, 4) is 0 Å². The van der Waals surface area contributed by atoms with Crippen molar-refractivity contribution in [2.75, 3.05) is 52.4 Å². The molecule has 2 saturated heterocycles. The van der Waals surface area contributed by atoms with Crippen LogP contribution in [0.1, 0.15) is 40.5 Å². The molecule has 0 aliphatic carbocycles. The van der Waals surface area contributed by atoms with Gasteiger partial charge in [-0.3, -0.25) is 9.59 Å². The van der Waals surface area contributed by atoms with E-state index in [1.807, 2.05) is 27.7 Å². The molecule has 2 amide bonds. The highest BCUT2D eigenvalue weighted by Crippen LogP contribution is 2.16. The maximum Gasteiger partial charge on any atom is 0.418 e. The number of carbonyl (C=O) groups is 4. The summed E-state index contributed by atoms with van der Waals surface area (Å²) in [4.78, 5) is 54.1. The number of hydrogen-bond acceptors (Lipinski definition) is 8. The van der Waals surface area contributed by atoms with Crippen molar-refractivity contribution in [3.05, 3.63) is 0 Å². The molecular weight excluding hydrogens is 416 g/mol. The second-order valence-electron chi connectivity index (χ2n) is 9.20. The summed E-state index contributed by atoms with van der Waals surface area (Å²) in [5, 5.41) is 6.33. The number of amides is 2. The second-order valence-corrected chi connectivity index (χ2v) is 9.20. The number of rotatable bonds is 8. The van der Waals surface area contributed by atoms with E-state index in [2.05, 4.69) is 10.6 Å². The Morgan fingerprint density at radius 2 is 0.969 bits per heavy atom. The molecule has 0 bridgehead atoms. The van der Waals surface area contributed by atoms with Crippen molar-refractivity contribution in [3.63, 3.8) is 0 Å². The Balaban J connectivity index is 2.02. The smallest absolute Gasteiger partial charge is 0.418 e. The summed E-state index contributed by atoms with van der Waals surface area (Å²) in [6.07, 6.45) is -1.51. The van der Waals surface area contributed by atoms with Crippen LogP contribution in [0.4, 0.5) is 0 Å². The molecule has 2 heterocycles. The maximum absolute atomic E-state index is 12.9. The van der Waals surface area contributed by atoms with Gasteiger partial charge in [-0.25, -0.2) is 9.59 Å². The van der Waals surface area contributed by atoms with Crippen LogP contribution in [0.25, 0.3) is 0 Å². The Morgan fingerprint density at radius 3 is 1.25 bits per heavy atom. The zero-order chi connectivity index (χ0) is 23.7. The van der Waals surface area contributed by atoms with Crippen LogP contribution in [0.2, 0.25) is 0 Å². The van der Waals surface area contributed by atoms with Gasteiger partial charge in [-0.2, -0.15) is 0 Å². The van der Waals surface area contributed by atoms with Gasteiger partial charge in [-0.1, -0.05) is 27.7 Å². The number of hydrogen-bond donors (Lipinski definition) is 2. The zero-order valence-corrected chi connectivity index (χ0v) is 19.7. The fourth-order valence-corrected chi connectivity index (χ4v) is 3.79. The Bertz CT molecular complexity index is 601. The van der Waals surface area contributed by atoms with Crippen LogP contribution in [0, 0.1) is 11.8 Å². The topological polar surface area (TPSA) is 117 Å². The molecule has 182 valence electrons. The Morgan fingerprint density at radius 1 is 0.656 bits per heavy atom. The van der Waals surface area contributed by atoms with Crippen LogP contribution in [0.3, 0.4) is 0 Å². The first-order chi connectivity index (χ1) is 15.2. The first kappa shape index (κ1) is 26.1. The van der Waals surface area contributed by atoms with Gasteiger partial charge < -0.3 is 29.9 Å². The number of nitrogens with one attached hydrogen (secondary N) is 2. The molecule has 0 aromatic rings. The molecule has 2 aliphatic rings. The molecule has 2 atom stereocenters. The highest BCUT2D eigenvalue weighted by atomic mass is 16.6. The van der Waals surface area contributed by atoms with Crippen LogP contribution in [-0.2, 0) is 28.7 Å². The van der Waals surface area contributed by atoms with E-state index in [-0.39, 0.29) is 23.7 Å². The number of piperazine rings is 2. The minimum absolute atomic E-state index is 0.0821. The van der Waals surface area contributed by atoms with Crippen LogP contribution in [0.5, 0.6) is 0 Å². The molecule has 0 aromatic carbocycles. The minimum Gasteiger partial charge on any atom is -0.444 e. The first-order valence-electron chi connectivity index (χ1n) is 11.6. The standard InChI is InChI=1S/C22H38N4O6/c1-15(2)13-17(19(27)25-9-5-23-6-10-25)31-21(29)22(30)32-18(14-16(3)4)20(28)26-11-7-24-8-12-26/h15-18,23-24H,5-14H2,1-4H3. The molecule has 2 aliphatic heterocycles. The van der Waals surface area contributed by atoms with E-state index in [4.69, 9.17) is 9.47 Å². The average Bonchev–Trinajstić information content (AvgIpc) is 2.77. The lowest BCUT2D eigenvalue weighted by molar-refractivity contribution is -0.180. The van der Waals surface area contributed by atoms with E-state index >= 15 is 0 Å². The van der Waals surface area contributed by atoms with E-state index in [1.165, 1.54) is 0 Å². The number of ether oxygens (including phenoxy) is 2. The van der Waals surface area contributed by atoms with E-state index in [0.717, 1.165) is 0 Å². The third-order valence-electron chi connectivity index (χ3n) is 5.44. The Hall–Kier alpha value is -2.20. The lowest BCUT2D eigenvalue weighted by atomic mass is 10.0. The van der Waals surface area contributed by atoms with Gasteiger partial charge in [0.05, 0.1) is 0 Å². The third-order valence-corrected chi connectivity index (χ3v) is 5.44. The highest BCUT2D eigenvalue weighted by molar-refractivity contribution is 6.30. The monoisotopic (exact) mass is 454 g/mol. The molecule has 0 saturated carbocycles. The van der Waals surface area contributed by atoms with Gasteiger partial charge in [0.2, 0.25) is 0 Å². The summed E-state index contributed by atoms with van der Waals surface area (Å²) >= 11 is 0. The fraction of sp³-hybridized carbons (Fsp3) is 0.818. The minimum atomic E-state index is -1.24. The molecule has 0 aromatic heterocycles. The summed E-state index contributed by atoms with van der Waals surface area (Å²) in [6.45, 7) is 12.4. The van der Waals surface area contributed by atoms with Crippen LogP contribution < -0.4 is 10.6 Å². The molecular formula is C22H38N4O6. The van der Waals surface area contributed by atoms with Crippen molar-refractivity contribution in [2.24, 2.45) is 11.8 Å². The summed E-state index contributed by atoms with van der Waals surface area (Å²) in [5.41, 5.74) is 0. The molecule has 10 nitrogen and oxygen atoms in total. The maximum atomic E-state index is 12.9. The van der Waals surface area contributed by atoms with Gasteiger partial charge in [0, 0.05) is 52.4 Å². The molecule has 2 fully saturated rings. The fourth-order valence-electron chi connectivity index (χ4n) is 3.79. The van der Waals surface area contributed by atoms with Crippen molar-refractivity contribution >= 4 is 23.8 Å². The Labute approximate surface area is 190 Å². The van der Waals surface area contributed by atoms with Gasteiger partial charge >= 0.3 is 11.9 Å². The number of nitrogens with zero attached hydrogens (tertiary/aromatic N) is 2. The SMILES string of the molecule is CC(C)CC(OC(=O)C(=O)OC(CC(C)C)C(=O)N1CCNCC1)C(=O)N1CCNCC1. The van der Waals surface area contributed by atoms with Crippen molar-refractivity contribution in [2.45, 2.75) is 52.7 Å². The van der Waals surface area contributed by atoms with E-state index in [0.29, 0.717) is 65.2 Å². The zero-order valence-electron chi connectivity index (χ0n) is 19.7. The molecule has 10 heteroatoms. The van der Waals surface area contributed by atoms with Gasteiger partial charge in [-0.15, -0.1) is 0 Å². The lowest BCUT2D eigenvalue weighted by Gasteiger charge is -2.32. The van der Waals surface area contributed by atoms with Crippen LogP contribution in [-0.4, -0.2) is 98.1 Å². The van der Waals surface area contributed by atoms with Crippen molar-refractivity contribution in [1.29, 1.82) is 0 Å². The molecule has 0 spiro atoms.